The summed E-state index contributed by atoms with van der Waals surface area (Å²) in [6.45, 7) is 0. The summed E-state index contributed by atoms with van der Waals surface area (Å²) in [4.78, 5) is 14.4. The van der Waals surface area contributed by atoms with Gasteiger partial charge in [-0.15, -0.1) is 10.2 Å². The van der Waals surface area contributed by atoms with Crippen molar-refractivity contribution in [3.63, 3.8) is 0 Å². The normalized spacial score (nSPS) is 10.7. The number of hydrogen-bond acceptors (Lipinski definition) is 7. The van der Waals surface area contributed by atoms with Crippen molar-refractivity contribution in [1.29, 1.82) is 0 Å². The average molecular weight is 469 g/mol. The highest BCUT2D eigenvalue weighted by molar-refractivity contribution is 6.32. The number of methoxy groups -OCH3 is 4. The third kappa shape index (κ3) is 4.35. The number of benzene rings is 3. The second-order valence-corrected chi connectivity index (χ2v) is 7.29. The van der Waals surface area contributed by atoms with Crippen LogP contribution in [0.1, 0.15) is 10.4 Å². The molecule has 9 nitrogen and oxygen atoms in total. The molecule has 10 heteroatoms. The van der Waals surface area contributed by atoms with E-state index < -0.39 is 0 Å². The molecule has 1 heterocycles. The molecule has 1 aromatic heterocycles. The molecule has 0 bridgehead atoms. The van der Waals surface area contributed by atoms with Crippen molar-refractivity contribution in [1.82, 2.24) is 15.0 Å². The summed E-state index contributed by atoms with van der Waals surface area (Å²) in [5.74, 6) is 1.40. The number of amides is 1. The van der Waals surface area contributed by atoms with Gasteiger partial charge in [0.1, 0.15) is 16.8 Å². The van der Waals surface area contributed by atoms with Crippen molar-refractivity contribution in [3.8, 4) is 28.7 Å². The molecule has 3 aromatic carbocycles. The largest absolute Gasteiger partial charge is 0.495 e. The lowest BCUT2D eigenvalue weighted by molar-refractivity contribution is 0.102. The topological polar surface area (TPSA) is 96.7 Å². The molecule has 33 heavy (non-hydrogen) atoms. The molecule has 0 saturated carbocycles. The molecular weight excluding hydrogens is 448 g/mol. The molecule has 1 amide bonds. The maximum atomic E-state index is 12.9. The predicted molar refractivity (Wildman–Crippen MR) is 124 cm³/mol. The lowest BCUT2D eigenvalue weighted by Crippen LogP contribution is -2.12. The van der Waals surface area contributed by atoms with Crippen molar-refractivity contribution in [2.45, 2.75) is 0 Å². The van der Waals surface area contributed by atoms with Crippen molar-refractivity contribution in [3.05, 3.63) is 59.1 Å². The number of carbonyl (C=O) groups is 1. The summed E-state index contributed by atoms with van der Waals surface area (Å²) in [6, 6.07) is 13.7. The molecule has 1 N–H and O–H groups in total. The Labute approximate surface area is 194 Å². The molecule has 0 aliphatic heterocycles. The minimum absolute atomic E-state index is 0.345. The number of fused-ring (bicyclic) bond motifs is 1. The maximum Gasteiger partial charge on any atom is 0.255 e. The minimum atomic E-state index is -0.345. The van der Waals surface area contributed by atoms with E-state index in [1.807, 2.05) is 0 Å². The molecule has 0 fully saturated rings. The standard InChI is InChI=1S/C23H21ClN4O5/c1-30-19-8-6-15(12-16(19)24)28-26-17-7-5-14(11-18(17)27-28)25-23(29)13-9-20(31-2)22(33-4)21(10-13)32-3/h5-12H,1-4H3,(H,25,29). The van der Waals surface area contributed by atoms with Crippen molar-refractivity contribution in [2.75, 3.05) is 33.8 Å². The highest BCUT2D eigenvalue weighted by atomic mass is 35.5. The summed E-state index contributed by atoms with van der Waals surface area (Å²) in [5, 5.41) is 12.3. The van der Waals surface area contributed by atoms with Crippen LogP contribution in [0.2, 0.25) is 5.02 Å². The first-order valence-corrected chi connectivity index (χ1v) is 10.2. The van der Waals surface area contributed by atoms with Crippen LogP contribution < -0.4 is 24.3 Å². The Kier molecular flexibility index (Phi) is 6.23. The molecule has 0 aliphatic rings. The lowest BCUT2D eigenvalue weighted by Gasteiger charge is -2.14. The van der Waals surface area contributed by atoms with Gasteiger partial charge in [-0.3, -0.25) is 4.79 Å². The fourth-order valence-electron chi connectivity index (χ4n) is 3.30. The van der Waals surface area contributed by atoms with E-state index in [0.29, 0.717) is 56.0 Å². The number of aromatic nitrogens is 3. The number of halogens is 1. The van der Waals surface area contributed by atoms with E-state index in [0.717, 1.165) is 0 Å². The summed E-state index contributed by atoms with van der Waals surface area (Å²) >= 11 is 6.21. The Balaban J connectivity index is 1.61. The summed E-state index contributed by atoms with van der Waals surface area (Å²) in [7, 11) is 6.04. The summed E-state index contributed by atoms with van der Waals surface area (Å²) < 4.78 is 21.1. The Morgan fingerprint density at radius 2 is 1.48 bits per heavy atom. The van der Waals surface area contributed by atoms with E-state index in [-0.39, 0.29) is 5.91 Å². The smallest absolute Gasteiger partial charge is 0.255 e. The third-order valence-electron chi connectivity index (χ3n) is 4.93. The first-order valence-electron chi connectivity index (χ1n) is 9.79. The van der Waals surface area contributed by atoms with E-state index in [9.17, 15) is 4.79 Å². The van der Waals surface area contributed by atoms with Crippen LogP contribution in [0.3, 0.4) is 0 Å². The molecule has 170 valence electrons. The van der Waals surface area contributed by atoms with Crippen LogP contribution in [0.25, 0.3) is 16.7 Å². The molecular formula is C23H21ClN4O5. The number of anilines is 1. The minimum Gasteiger partial charge on any atom is -0.495 e. The highest BCUT2D eigenvalue weighted by Crippen LogP contribution is 2.38. The van der Waals surface area contributed by atoms with Gasteiger partial charge < -0.3 is 24.3 Å². The number of carbonyl (C=O) groups excluding carboxylic acids is 1. The first-order chi connectivity index (χ1) is 16.0. The first kappa shape index (κ1) is 22.2. The Morgan fingerprint density at radius 1 is 0.818 bits per heavy atom. The van der Waals surface area contributed by atoms with Crippen LogP contribution in [0.4, 0.5) is 5.69 Å². The van der Waals surface area contributed by atoms with Gasteiger partial charge in [-0.2, -0.15) is 4.80 Å². The van der Waals surface area contributed by atoms with Gasteiger partial charge in [-0.1, -0.05) is 11.6 Å². The zero-order valence-electron chi connectivity index (χ0n) is 18.4. The molecule has 0 aliphatic carbocycles. The molecule has 4 aromatic rings. The Hall–Kier alpha value is -3.98. The van der Waals surface area contributed by atoms with Crippen molar-refractivity contribution >= 4 is 34.2 Å². The van der Waals surface area contributed by atoms with Gasteiger partial charge in [0, 0.05) is 11.3 Å². The summed E-state index contributed by atoms with van der Waals surface area (Å²) in [6.07, 6.45) is 0. The Morgan fingerprint density at radius 3 is 2.09 bits per heavy atom. The quantitative estimate of drug-likeness (QED) is 0.430. The molecule has 0 unspecified atom stereocenters. The van der Waals surface area contributed by atoms with E-state index in [2.05, 4.69) is 15.5 Å². The van der Waals surface area contributed by atoms with Crippen LogP contribution in [-0.4, -0.2) is 49.3 Å². The molecule has 0 spiro atoms. The maximum absolute atomic E-state index is 12.9. The van der Waals surface area contributed by atoms with Crippen molar-refractivity contribution < 1.29 is 23.7 Å². The van der Waals surface area contributed by atoms with Gasteiger partial charge in [-0.25, -0.2) is 0 Å². The van der Waals surface area contributed by atoms with Crippen LogP contribution in [0, 0.1) is 0 Å². The zero-order chi connectivity index (χ0) is 23.5. The van der Waals surface area contributed by atoms with Gasteiger partial charge in [0.2, 0.25) is 5.75 Å². The monoisotopic (exact) mass is 468 g/mol. The van der Waals surface area contributed by atoms with Crippen LogP contribution >= 0.6 is 11.6 Å². The van der Waals surface area contributed by atoms with E-state index in [4.69, 9.17) is 30.5 Å². The molecule has 0 saturated heterocycles. The lowest BCUT2D eigenvalue weighted by atomic mass is 10.1. The zero-order valence-corrected chi connectivity index (χ0v) is 19.1. The van der Waals surface area contributed by atoms with Gasteiger partial charge in [-0.05, 0) is 48.5 Å². The fourth-order valence-corrected chi connectivity index (χ4v) is 3.55. The number of rotatable bonds is 7. The van der Waals surface area contributed by atoms with Gasteiger partial charge in [0.15, 0.2) is 11.5 Å². The number of hydrogen-bond donors (Lipinski definition) is 1. The number of ether oxygens (including phenoxy) is 4. The predicted octanol–water partition coefficient (Wildman–Crippen LogP) is 4.36. The summed E-state index contributed by atoms with van der Waals surface area (Å²) in [5.41, 5.74) is 2.85. The number of nitrogens with one attached hydrogen (secondary N) is 1. The molecule has 0 atom stereocenters. The van der Waals surface area contributed by atoms with Gasteiger partial charge in [0.25, 0.3) is 5.91 Å². The fraction of sp³-hybridized carbons (Fsp3) is 0.174. The van der Waals surface area contributed by atoms with E-state index >= 15 is 0 Å². The van der Waals surface area contributed by atoms with E-state index in [1.165, 1.54) is 26.1 Å². The third-order valence-corrected chi connectivity index (χ3v) is 5.23. The highest BCUT2D eigenvalue weighted by Gasteiger charge is 2.17. The second kappa shape index (κ2) is 9.25. The van der Waals surface area contributed by atoms with Gasteiger partial charge in [0.05, 0.1) is 39.1 Å². The van der Waals surface area contributed by atoms with Gasteiger partial charge >= 0.3 is 0 Å². The second-order valence-electron chi connectivity index (χ2n) is 6.88. The molecule has 0 radical (unpaired) electrons. The number of nitrogens with zero attached hydrogens (tertiary/aromatic N) is 3. The Bertz CT molecular complexity index is 1310. The average Bonchev–Trinajstić information content (AvgIpc) is 3.26. The van der Waals surface area contributed by atoms with Crippen LogP contribution in [0.15, 0.2) is 48.5 Å². The SMILES string of the molecule is COc1ccc(-n2nc3ccc(NC(=O)c4cc(OC)c(OC)c(OC)c4)cc3n2)cc1Cl. The van der Waals surface area contributed by atoms with Crippen LogP contribution in [-0.2, 0) is 0 Å². The van der Waals surface area contributed by atoms with E-state index in [1.54, 1.807) is 55.6 Å². The van der Waals surface area contributed by atoms with Crippen molar-refractivity contribution in [2.24, 2.45) is 0 Å². The van der Waals surface area contributed by atoms with Crippen LogP contribution in [0.5, 0.6) is 23.0 Å². The molecule has 4 rings (SSSR count).